The van der Waals surface area contributed by atoms with Crippen molar-refractivity contribution >= 4 is 46.3 Å². The van der Waals surface area contributed by atoms with Crippen LogP contribution in [-0.4, -0.2) is 43.0 Å². The molecule has 1 aliphatic rings. The number of rotatable bonds is 6. The number of amides is 1. The van der Waals surface area contributed by atoms with Gasteiger partial charge in [-0.05, 0) is 36.8 Å². The molecule has 3 N–H and O–H groups in total. The van der Waals surface area contributed by atoms with Gasteiger partial charge in [-0.15, -0.1) is 0 Å². The van der Waals surface area contributed by atoms with Crippen LogP contribution in [0.3, 0.4) is 0 Å². The van der Waals surface area contributed by atoms with E-state index in [2.05, 4.69) is 0 Å². The number of carbonyl (C=O) groups is 2. The third-order valence-corrected chi connectivity index (χ3v) is 5.18. The van der Waals surface area contributed by atoms with Gasteiger partial charge in [-0.25, -0.2) is 0 Å². The number of phenols is 2. The molecule has 0 atom stereocenters. The highest BCUT2D eigenvalue weighted by molar-refractivity contribution is 8.26. The summed E-state index contributed by atoms with van der Waals surface area (Å²) in [5.41, 5.74) is 0.575. The summed E-state index contributed by atoms with van der Waals surface area (Å²) in [4.78, 5) is 24.8. The van der Waals surface area contributed by atoms with Gasteiger partial charge in [0.1, 0.15) is 15.8 Å². The van der Waals surface area contributed by atoms with Crippen LogP contribution >= 0.6 is 24.0 Å². The highest BCUT2D eigenvalue weighted by atomic mass is 32.2. The fourth-order valence-corrected chi connectivity index (χ4v) is 3.76. The van der Waals surface area contributed by atoms with E-state index in [0.29, 0.717) is 32.7 Å². The summed E-state index contributed by atoms with van der Waals surface area (Å²) in [6.45, 7) is 0.254. The molecule has 0 saturated carbocycles. The molecule has 1 aliphatic heterocycles. The summed E-state index contributed by atoms with van der Waals surface area (Å²) in [6.07, 6.45) is 1.86. The topological polar surface area (TPSA) is 111 Å². The van der Waals surface area contributed by atoms with Gasteiger partial charge in [0.25, 0.3) is 5.91 Å². The molecular weight excluding hydrogens is 390 g/mol. The van der Waals surface area contributed by atoms with Crippen LogP contribution in [0, 0.1) is 0 Å². The van der Waals surface area contributed by atoms with Crippen molar-refractivity contribution in [2.75, 3.05) is 6.54 Å². The van der Waals surface area contributed by atoms with E-state index in [1.807, 2.05) is 0 Å². The van der Waals surface area contributed by atoms with Gasteiger partial charge in [-0.1, -0.05) is 24.0 Å². The number of phenolic OH excluding ortho intramolecular Hbond substituents is 2. The van der Waals surface area contributed by atoms with E-state index in [-0.39, 0.29) is 30.4 Å². The van der Waals surface area contributed by atoms with Crippen molar-refractivity contribution in [3.8, 4) is 22.8 Å². The largest absolute Gasteiger partial charge is 0.504 e. The Bertz CT molecular complexity index is 949. The molecule has 0 aliphatic carbocycles. The number of carbonyl (C=O) groups excluding carboxylic acids is 1. The standard InChI is InChI=1S/C18H15NO6S2/c20-12-5-3-10(8-13(12)21)14-6-4-11(25-14)9-15-17(24)19(18(26)27-15)7-1-2-16(22)23/h3-6,8-9,20-21H,1-2,7H2,(H,22,23)/b15-9-. The van der Waals surface area contributed by atoms with E-state index in [4.69, 9.17) is 21.7 Å². The van der Waals surface area contributed by atoms with E-state index >= 15 is 0 Å². The molecule has 2 heterocycles. The predicted octanol–water partition coefficient (Wildman–Crippen LogP) is 3.42. The van der Waals surface area contributed by atoms with Gasteiger partial charge in [-0.2, -0.15) is 0 Å². The number of thioether (sulfide) groups is 1. The Morgan fingerprint density at radius 2 is 2.00 bits per heavy atom. The molecule has 0 unspecified atom stereocenters. The van der Waals surface area contributed by atoms with Gasteiger partial charge in [0.2, 0.25) is 0 Å². The number of thiocarbonyl (C=S) groups is 1. The summed E-state index contributed by atoms with van der Waals surface area (Å²) < 4.78 is 6.07. The van der Waals surface area contributed by atoms with Crippen molar-refractivity contribution in [2.24, 2.45) is 0 Å². The van der Waals surface area contributed by atoms with E-state index in [0.717, 1.165) is 11.8 Å². The molecule has 1 amide bonds. The quantitative estimate of drug-likeness (QED) is 0.381. The molecule has 0 bridgehead atoms. The second-order valence-electron chi connectivity index (χ2n) is 5.74. The first-order valence-corrected chi connectivity index (χ1v) is 9.17. The Morgan fingerprint density at radius 3 is 2.70 bits per heavy atom. The minimum atomic E-state index is -0.917. The van der Waals surface area contributed by atoms with Crippen molar-refractivity contribution in [1.29, 1.82) is 0 Å². The van der Waals surface area contributed by atoms with Crippen molar-refractivity contribution in [3.05, 3.63) is 41.0 Å². The number of carboxylic acid groups (broad SMARTS) is 1. The molecule has 1 saturated heterocycles. The highest BCUT2D eigenvalue weighted by Crippen LogP contribution is 2.35. The second-order valence-corrected chi connectivity index (χ2v) is 7.41. The maximum absolute atomic E-state index is 12.5. The molecule has 140 valence electrons. The van der Waals surface area contributed by atoms with E-state index in [1.54, 1.807) is 24.3 Å². The number of hydrogen-bond acceptors (Lipinski definition) is 7. The summed E-state index contributed by atoms with van der Waals surface area (Å²) in [5.74, 6) is -0.781. The van der Waals surface area contributed by atoms with Crippen molar-refractivity contribution < 1.29 is 29.3 Å². The monoisotopic (exact) mass is 405 g/mol. The van der Waals surface area contributed by atoms with Crippen LogP contribution in [0.4, 0.5) is 0 Å². The minimum Gasteiger partial charge on any atom is -0.504 e. The lowest BCUT2D eigenvalue weighted by Gasteiger charge is -2.13. The first-order valence-electron chi connectivity index (χ1n) is 7.94. The molecular formula is C18H15NO6S2. The third-order valence-electron chi connectivity index (χ3n) is 3.81. The first-order chi connectivity index (χ1) is 12.8. The Morgan fingerprint density at radius 1 is 1.22 bits per heavy atom. The molecule has 1 aromatic carbocycles. The molecule has 9 heteroatoms. The number of hydrogen-bond donors (Lipinski definition) is 3. The van der Waals surface area contributed by atoms with Crippen LogP contribution in [0.2, 0.25) is 0 Å². The average molecular weight is 405 g/mol. The normalized spacial score (nSPS) is 15.7. The zero-order valence-corrected chi connectivity index (χ0v) is 15.5. The summed E-state index contributed by atoms with van der Waals surface area (Å²) in [6, 6.07) is 7.69. The van der Waals surface area contributed by atoms with E-state index in [1.165, 1.54) is 17.0 Å². The fraction of sp³-hybridized carbons (Fsp3) is 0.167. The molecule has 0 radical (unpaired) electrons. The number of carboxylic acids is 1. The van der Waals surface area contributed by atoms with Crippen LogP contribution in [0.25, 0.3) is 17.4 Å². The van der Waals surface area contributed by atoms with Crippen LogP contribution in [-0.2, 0) is 9.59 Å². The Labute approximate surface area is 163 Å². The van der Waals surface area contributed by atoms with Gasteiger partial charge in [0, 0.05) is 24.6 Å². The summed E-state index contributed by atoms with van der Waals surface area (Å²) >= 11 is 6.33. The molecule has 27 heavy (non-hydrogen) atoms. The summed E-state index contributed by atoms with van der Waals surface area (Å²) in [7, 11) is 0. The van der Waals surface area contributed by atoms with Gasteiger partial charge in [0.05, 0.1) is 4.91 Å². The summed E-state index contributed by atoms with van der Waals surface area (Å²) in [5, 5.41) is 27.7. The SMILES string of the molecule is O=C(O)CCCN1C(=O)/C(=C/c2ccc(-c3ccc(O)c(O)c3)o2)SC1=S. The number of nitrogens with zero attached hydrogens (tertiary/aromatic N) is 1. The van der Waals surface area contributed by atoms with E-state index in [9.17, 15) is 19.8 Å². The zero-order valence-electron chi connectivity index (χ0n) is 13.9. The lowest BCUT2D eigenvalue weighted by atomic mass is 10.1. The van der Waals surface area contributed by atoms with E-state index < -0.39 is 5.97 Å². The fourth-order valence-electron chi connectivity index (χ4n) is 2.47. The molecule has 2 aromatic rings. The third kappa shape index (κ3) is 4.32. The van der Waals surface area contributed by atoms with Crippen LogP contribution in [0.5, 0.6) is 11.5 Å². The Balaban J connectivity index is 1.74. The second kappa shape index (κ2) is 7.85. The van der Waals surface area contributed by atoms with Crippen molar-refractivity contribution in [2.45, 2.75) is 12.8 Å². The van der Waals surface area contributed by atoms with Crippen molar-refractivity contribution in [1.82, 2.24) is 4.90 Å². The lowest BCUT2D eigenvalue weighted by molar-refractivity contribution is -0.137. The highest BCUT2D eigenvalue weighted by Gasteiger charge is 2.31. The predicted molar refractivity (Wildman–Crippen MR) is 104 cm³/mol. The number of benzene rings is 1. The van der Waals surface area contributed by atoms with Crippen LogP contribution in [0.15, 0.2) is 39.7 Å². The number of aromatic hydroxyl groups is 2. The Hall–Kier alpha value is -2.78. The Kier molecular flexibility index (Phi) is 5.52. The van der Waals surface area contributed by atoms with Gasteiger partial charge >= 0.3 is 5.97 Å². The maximum atomic E-state index is 12.5. The zero-order chi connectivity index (χ0) is 19.6. The maximum Gasteiger partial charge on any atom is 0.303 e. The molecule has 0 spiro atoms. The minimum absolute atomic E-state index is 0.0306. The lowest BCUT2D eigenvalue weighted by Crippen LogP contribution is -2.29. The number of aliphatic carboxylic acids is 1. The molecule has 1 aromatic heterocycles. The molecule has 3 rings (SSSR count). The van der Waals surface area contributed by atoms with Crippen LogP contribution < -0.4 is 0 Å². The number of furan rings is 1. The van der Waals surface area contributed by atoms with Crippen molar-refractivity contribution in [3.63, 3.8) is 0 Å². The van der Waals surface area contributed by atoms with Crippen LogP contribution in [0.1, 0.15) is 18.6 Å². The molecule has 7 nitrogen and oxygen atoms in total. The van der Waals surface area contributed by atoms with Gasteiger partial charge < -0.3 is 19.7 Å². The first kappa shape index (κ1) is 19.0. The van der Waals surface area contributed by atoms with Gasteiger partial charge in [-0.3, -0.25) is 14.5 Å². The average Bonchev–Trinajstić information content (AvgIpc) is 3.17. The van der Waals surface area contributed by atoms with Gasteiger partial charge in [0.15, 0.2) is 11.5 Å². The smallest absolute Gasteiger partial charge is 0.303 e. The molecule has 1 fully saturated rings.